The first-order valence-electron chi connectivity index (χ1n) is 9.84. The topological polar surface area (TPSA) is 46.3 Å². The van der Waals surface area contributed by atoms with Gasteiger partial charge < -0.3 is 5.73 Å². The average Bonchev–Trinajstić information content (AvgIpc) is 2.75. The molecule has 0 spiro atoms. The summed E-state index contributed by atoms with van der Waals surface area (Å²) in [7, 11) is 0. The highest BCUT2D eigenvalue weighted by Crippen LogP contribution is 2.62. The van der Waals surface area contributed by atoms with E-state index in [2.05, 4.69) is 32.6 Å². The summed E-state index contributed by atoms with van der Waals surface area (Å²) in [6, 6.07) is 0.513. The molecule has 3 nitrogen and oxygen atoms in total. The summed E-state index contributed by atoms with van der Waals surface area (Å²) in [6.07, 6.45) is 7.06. The normalized spacial score (nSPS) is 56.8. The molecule has 4 rings (SSSR count). The minimum atomic E-state index is 0.132. The van der Waals surface area contributed by atoms with Crippen molar-refractivity contribution >= 4 is 5.78 Å². The lowest BCUT2D eigenvalue weighted by atomic mass is 9.52. The first-order chi connectivity index (χ1) is 10.8. The van der Waals surface area contributed by atoms with Crippen molar-refractivity contribution in [2.45, 2.75) is 83.8 Å². The van der Waals surface area contributed by atoms with Crippen molar-refractivity contribution in [3.05, 3.63) is 0 Å². The molecule has 4 fully saturated rings. The zero-order valence-electron chi connectivity index (χ0n) is 15.3. The highest BCUT2D eigenvalue weighted by Gasteiger charge is 2.61. The molecule has 8 atom stereocenters. The summed E-state index contributed by atoms with van der Waals surface area (Å²) in [5, 5.41) is 0. The fourth-order valence-electron chi connectivity index (χ4n) is 7.35. The summed E-state index contributed by atoms with van der Waals surface area (Å²) in [5.41, 5.74) is 7.24. The number of nitrogens with zero attached hydrogens (tertiary/aromatic N) is 1. The van der Waals surface area contributed by atoms with Crippen molar-refractivity contribution in [2.24, 2.45) is 34.8 Å². The third-order valence-electron chi connectivity index (χ3n) is 8.84. The quantitative estimate of drug-likeness (QED) is 0.746. The van der Waals surface area contributed by atoms with Crippen LogP contribution < -0.4 is 5.73 Å². The lowest BCUT2D eigenvalue weighted by Gasteiger charge is -2.62. The van der Waals surface area contributed by atoms with E-state index >= 15 is 0 Å². The van der Waals surface area contributed by atoms with Crippen LogP contribution in [-0.2, 0) is 4.79 Å². The Morgan fingerprint density at radius 1 is 1.13 bits per heavy atom. The zero-order chi connectivity index (χ0) is 16.6. The molecular formula is C20H34N2O. The van der Waals surface area contributed by atoms with Gasteiger partial charge in [0, 0.05) is 18.0 Å². The Hall–Kier alpha value is -0.410. The zero-order valence-corrected chi connectivity index (χ0v) is 15.3. The van der Waals surface area contributed by atoms with Gasteiger partial charge in [0.15, 0.2) is 0 Å². The Labute approximate surface area is 141 Å². The third-order valence-corrected chi connectivity index (χ3v) is 8.84. The van der Waals surface area contributed by atoms with Gasteiger partial charge in [0.1, 0.15) is 5.78 Å². The van der Waals surface area contributed by atoms with E-state index in [1.54, 1.807) is 0 Å². The van der Waals surface area contributed by atoms with Gasteiger partial charge in [-0.3, -0.25) is 9.69 Å². The molecule has 3 unspecified atom stereocenters. The molecule has 2 N–H and O–H groups in total. The van der Waals surface area contributed by atoms with E-state index in [9.17, 15) is 4.79 Å². The van der Waals surface area contributed by atoms with Crippen molar-refractivity contribution in [1.82, 2.24) is 4.90 Å². The van der Waals surface area contributed by atoms with Gasteiger partial charge in [-0.2, -0.15) is 0 Å². The molecule has 3 heteroatoms. The number of nitrogens with two attached hydrogens (primary N) is 1. The van der Waals surface area contributed by atoms with Crippen LogP contribution in [0.4, 0.5) is 0 Å². The van der Waals surface area contributed by atoms with Gasteiger partial charge in [-0.25, -0.2) is 0 Å². The summed E-state index contributed by atoms with van der Waals surface area (Å²) in [6.45, 7) is 10.6. The maximum atomic E-state index is 12.2. The van der Waals surface area contributed by atoms with Gasteiger partial charge in [-0.05, 0) is 81.6 Å². The van der Waals surface area contributed by atoms with Crippen LogP contribution >= 0.6 is 0 Å². The third kappa shape index (κ3) is 1.99. The largest absolute Gasteiger partial charge is 0.327 e. The summed E-state index contributed by atoms with van der Waals surface area (Å²) in [4.78, 5) is 14.8. The molecule has 2 saturated heterocycles. The second-order valence-corrected chi connectivity index (χ2v) is 9.64. The van der Waals surface area contributed by atoms with E-state index in [0.29, 0.717) is 23.2 Å². The van der Waals surface area contributed by atoms with Crippen LogP contribution in [0.5, 0.6) is 0 Å². The number of piperidine rings is 2. The predicted molar refractivity (Wildman–Crippen MR) is 93.0 cm³/mol. The first kappa shape index (κ1) is 16.1. The van der Waals surface area contributed by atoms with E-state index in [-0.39, 0.29) is 11.6 Å². The van der Waals surface area contributed by atoms with Crippen molar-refractivity contribution < 1.29 is 4.79 Å². The molecule has 130 valence electrons. The number of hydrogen-bond acceptors (Lipinski definition) is 3. The molecule has 0 aromatic heterocycles. The molecular weight excluding hydrogens is 284 g/mol. The number of carbonyl (C=O) groups is 1. The smallest absolute Gasteiger partial charge is 0.149 e. The minimum absolute atomic E-state index is 0.132. The Bertz CT molecular complexity index is 520. The molecule has 0 bridgehead atoms. The van der Waals surface area contributed by atoms with Crippen LogP contribution in [0.3, 0.4) is 0 Å². The van der Waals surface area contributed by atoms with E-state index in [0.717, 1.165) is 37.1 Å². The van der Waals surface area contributed by atoms with Gasteiger partial charge >= 0.3 is 0 Å². The predicted octanol–water partition coefficient (Wildman–Crippen LogP) is 3.22. The maximum absolute atomic E-state index is 12.2. The van der Waals surface area contributed by atoms with Crippen LogP contribution in [0.25, 0.3) is 0 Å². The SMILES string of the molecule is CC1C[C@H]2[C@@H]3CCN4C(C)C(=O)CC[C@]4(C)[C@@H]3CC[C@]2(C)C1N. The molecule has 0 aromatic carbocycles. The molecule has 0 amide bonds. The number of Topliss-reactive ketones (excluding diaryl/α,β-unsaturated/α-hetero) is 1. The fourth-order valence-corrected chi connectivity index (χ4v) is 7.35. The average molecular weight is 319 g/mol. The Morgan fingerprint density at radius 3 is 2.61 bits per heavy atom. The van der Waals surface area contributed by atoms with Gasteiger partial charge in [0.2, 0.25) is 0 Å². The van der Waals surface area contributed by atoms with Crippen molar-refractivity contribution in [3.8, 4) is 0 Å². The molecule has 0 aromatic rings. The van der Waals surface area contributed by atoms with Gasteiger partial charge in [-0.15, -0.1) is 0 Å². The minimum Gasteiger partial charge on any atom is -0.327 e. The van der Waals surface area contributed by atoms with Crippen LogP contribution in [0.1, 0.15) is 66.2 Å². The summed E-state index contributed by atoms with van der Waals surface area (Å²) in [5.74, 6) is 3.52. The standard InChI is InChI=1S/C20H34N2O/c1-12-11-16-14-7-10-22-13(2)17(23)6-9-20(22,4)15(14)5-8-19(16,3)18(12)21/h12-16,18H,5-11,21H2,1-4H3/t12?,13?,14-,15-,16+,18?,19+,20-/m1/s1. The molecule has 4 aliphatic rings. The van der Waals surface area contributed by atoms with E-state index in [4.69, 9.17) is 5.73 Å². The number of ketones is 1. The Kier molecular flexibility index (Phi) is 3.53. The van der Waals surface area contributed by atoms with E-state index in [1.807, 2.05) is 0 Å². The van der Waals surface area contributed by atoms with E-state index < -0.39 is 0 Å². The lowest BCUT2D eigenvalue weighted by molar-refractivity contribution is -0.152. The molecule has 23 heavy (non-hydrogen) atoms. The van der Waals surface area contributed by atoms with Crippen molar-refractivity contribution in [3.63, 3.8) is 0 Å². The summed E-state index contributed by atoms with van der Waals surface area (Å²) < 4.78 is 0. The van der Waals surface area contributed by atoms with Crippen LogP contribution in [0, 0.1) is 29.1 Å². The highest BCUT2D eigenvalue weighted by molar-refractivity contribution is 5.84. The van der Waals surface area contributed by atoms with Gasteiger partial charge in [0.25, 0.3) is 0 Å². The number of hydrogen-bond donors (Lipinski definition) is 1. The summed E-state index contributed by atoms with van der Waals surface area (Å²) >= 11 is 0. The lowest BCUT2D eigenvalue weighted by Crippen LogP contribution is -2.67. The Morgan fingerprint density at radius 2 is 1.87 bits per heavy atom. The van der Waals surface area contributed by atoms with Crippen LogP contribution in [0.15, 0.2) is 0 Å². The van der Waals surface area contributed by atoms with Gasteiger partial charge in [0.05, 0.1) is 6.04 Å². The number of rotatable bonds is 0. The second-order valence-electron chi connectivity index (χ2n) is 9.64. The second kappa shape index (κ2) is 5.05. The maximum Gasteiger partial charge on any atom is 0.149 e. The molecule has 2 saturated carbocycles. The van der Waals surface area contributed by atoms with Crippen molar-refractivity contribution in [1.29, 1.82) is 0 Å². The van der Waals surface area contributed by atoms with Crippen molar-refractivity contribution in [2.75, 3.05) is 6.54 Å². The monoisotopic (exact) mass is 318 g/mol. The fraction of sp³-hybridized carbons (Fsp3) is 0.950. The number of fused-ring (bicyclic) bond motifs is 5. The molecule has 2 heterocycles. The molecule has 2 aliphatic heterocycles. The highest BCUT2D eigenvalue weighted by atomic mass is 16.1. The van der Waals surface area contributed by atoms with E-state index in [1.165, 1.54) is 25.7 Å². The number of carbonyl (C=O) groups excluding carboxylic acids is 1. The van der Waals surface area contributed by atoms with Gasteiger partial charge in [-0.1, -0.05) is 13.8 Å². The first-order valence-corrected chi connectivity index (χ1v) is 9.84. The Balaban J connectivity index is 1.66. The van der Waals surface area contributed by atoms with Crippen LogP contribution in [0.2, 0.25) is 0 Å². The molecule has 0 radical (unpaired) electrons. The van der Waals surface area contributed by atoms with Crippen LogP contribution in [-0.4, -0.2) is 34.9 Å². The molecule has 2 aliphatic carbocycles.